The second kappa shape index (κ2) is 5.50. The van der Waals surface area contributed by atoms with Gasteiger partial charge in [0.1, 0.15) is 0 Å². The van der Waals surface area contributed by atoms with Gasteiger partial charge in [-0.15, -0.1) is 0 Å². The van der Waals surface area contributed by atoms with Crippen molar-refractivity contribution in [1.82, 2.24) is 10.2 Å². The van der Waals surface area contributed by atoms with E-state index in [1.165, 1.54) is 38.9 Å². The summed E-state index contributed by atoms with van der Waals surface area (Å²) in [5.41, 5.74) is 0.568. The molecule has 2 fully saturated rings. The smallest absolute Gasteiger partial charge is 0.0192 e. The molecule has 1 saturated heterocycles. The van der Waals surface area contributed by atoms with Gasteiger partial charge in [-0.3, -0.25) is 4.90 Å². The van der Waals surface area contributed by atoms with Gasteiger partial charge in [-0.1, -0.05) is 34.6 Å². The highest BCUT2D eigenvalue weighted by molar-refractivity contribution is 5.15. The molecule has 2 heteroatoms. The first-order chi connectivity index (χ1) is 8.52. The van der Waals surface area contributed by atoms with Crippen LogP contribution in [-0.2, 0) is 0 Å². The average molecular weight is 252 g/mol. The number of piperidine rings is 1. The molecule has 18 heavy (non-hydrogen) atoms. The van der Waals surface area contributed by atoms with Gasteiger partial charge in [-0.25, -0.2) is 0 Å². The molecule has 0 aromatic carbocycles. The Balaban J connectivity index is 1.90. The van der Waals surface area contributed by atoms with Crippen LogP contribution in [0.4, 0.5) is 0 Å². The standard InChI is InChI=1S/C16H32N2/c1-6-9-17-13(7-2)11-18-10-8-12(3)14-15(18)16(14,4)5/h12-15,17H,6-11H2,1-5H3. The van der Waals surface area contributed by atoms with E-state index in [9.17, 15) is 0 Å². The normalized spacial score (nSPS) is 36.2. The molecule has 1 N–H and O–H groups in total. The molecule has 0 bridgehead atoms. The molecule has 0 spiro atoms. The Hall–Kier alpha value is -0.0800. The van der Waals surface area contributed by atoms with Gasteiger partial charge >= 0.3 is 0 Å². The van der Waals surface area contributed by atoms with E-state index in [0.29, 0.717) is 11.5 Å². The van der Waals surface area contributed by atoms with Gasteiger partial charge in [0.15, 0.2) is 0 Å². The van der Waals surface area contributed by atoms with Crippen LogP contribution in [0.5, 0.6) is 0 Å². The van der Waals surface area contributed by atoms with E-state index >= 15 is 0 Å². The molecule has 0 aromatic heterocycles. The predicted octanol–water partition coefficient (Wildman–Crippen LogP) is 3.13. The Bertz CT molecular complexity index is 274. The molecule has 0 radical (unpaired) electrons. The monoisotopic (exact) mass is 252 g/mol. The summed E-state index contributed by atoms with van der Waals surface area (Å²) in [5, 5.41) is 3.70. The fourth-order valence-electron chi connectivity index (χ4n) is 4.25. The Morgan fingerprint density at radius 1 is 1.33 bits per heavy atom. The number of rotatable bonds is 6. The molecule has 106 valence electrons. The lowest BCUT2D eigenvalue weighted by molar-refractivity contribution is 0.161. The van der Waals surface area contributed by atoms with E-state index in [-0.39, 0.29) is 0 Å². The van der Waals surface area contributed by atoms with Gasteiger partial charge in [0, 0.05) is 18.6 Å². The lowest BCUT2D eigenvalue weighted by atomic mass is 9.95. The summed E-state index contributed by atoms with van der Waals surface area (Å²) >= 11 is 0. The van der Waals surface area contributed by atoms with Gasteiger partial charge in [0.2, 0.25) is 0 Å². The van der Waals surface area contributed by atoms with Crippen molar-refractivity contribution in [2.45, 2.75) is 66.0 Å². The van der Waals surface area contributed by atoms with E-state index in [1.807, 2.05) is 0 Å². The highest BCUT2D eigenvalue weighted by Gasteiger charge is 2.63. The molecule has 4 unspecified atom stereocenters. The molecule has 2 rings (SSSR count). The van der Waals surface area contributed by atoms with Crippen molar-refractivity contribution in [3.05, 3.63) is 0 Å². The van der Waals surface area contributed by atoms with Crippen molar-refractivity contribution < 1.29 is 0 Å². The topological polar surface area (TPSA) is 15.3 Å². The van der Waals surface area contributed by atoms with Crippen LogP contribution in [0.2, 0.25) is 0 Å². The quantitative estimate of drug-likeness (QED) is 0.781. The number of likely N-dealkylation sites (tertiary alicyclic amines) is 1. The summed E-state index contributed by atoms with van der Waals surface area (Å²) in [6.07, 6.45) is 3.89. The van der Waals surface area contributed by atoms with Crippen molar-refractivity contribution in [2.75, 3.05) is 19.6 Å². The lowest BCUT2D eigenvalue weighted by Gasteiger charge is -2.33. The molecular formula is C16H32N2. The van der Waals surface area contributed by atoms with Crippen LogP contribution in [-0.4, -0.2) is 36.6 Å². The minimum Gasteiger partial charge on any atom is -0.313 e. The fraction of sp³-hybridized carbons (Fsp3) is 1.00. The Labute approximate surface area is 114 Å². The van der Waals surface area contributed by atoms with Gasteiger partial charge in [-0.05, 0) is 49.6 Å². The third-order valence-electron chi connectivity index (χ3n) is 5.36. The maximum atomic E-state index is 3.70. The maximum absolute atomic E-state index is 3.70. The number of fused-ring (bicyclic) bond motifs is 1. The van der Waals surface area contributed by atoms with Crippen LogP contribution in [0.1, 0.15) is 53.9 Å². The van der Waals surface area contributed by atoms with E-state index in [4.69, 9.17) is 0 Å². The van der Waals surface area contributed by atoms with E-state index in [0.717, 1.165) is 17.9 Å². The lowest BCUT2D eigenvalue weighted by Crippen LogP contribution is -2.45. The summed E-state index contributed by atoms with van der Waals surface area (Å²) in [4.78, 5) is 2.78. The van der Waals surface area contributed by atoms with E-state index in [2.05, 4.69) is 44.8 Å². The first-order valence-electron chi connectivity index (χ1n) is 7.99. The van der Waals surface area contributed by atoms with Crippen molar-refractivity contribution in [2.24, 2.45) is 17.3 Å². The zero-order chi connectivity index (χ0) is 13.3. The number of hydrogen-bond donors (Lipinski definition) is 1. The van der Waals surface area contributed by atoms with Crippen molar-refractivity contribution in [3.63, 3.8) is 0 Å². The molecule has 1 heterocycles. The molecule has 0 aromatic rings. The second-order valence-electron chi connectivity index (χ2n) is 7.11. The van der Waals surface area contributed by atoms with Crippen LogP contribution >= 0.6 is 0 Å². The Morgan fingerprint density at radius 2 is 2.06 bits per heavy atom. The summed E-state index contributed by atoms with van der Waals surface area (Å²) in [6.45, 7) is 15.7. The highest BCUT2D eigenvalue weighted by atomic mass is 15.2. The third-order valence-corrected chi connectivity index (χ3v) is 5.36. The van der Waals surface area contributed by atoms with Crippen LogP contribution in [0.25, 0.3) is 0 Å². The first kappa shape index (κ1) is 14.3. The maximum Gasteiger partial charge on any atom is 0.0192 e. The SMILES string of the molecule is CCCNC(CC)CN1CCC(C)C2C1C2(C)C. The molecule has 2 nitrogen and oxygen atoms in total. The minimum atomic E-state index is 0.568. The second-order valence-corrected chi connectivity index (χ2v) is 7.11. The zero-order valence-corrected chi connectivity index (χ0v) is 13.0. The predicted molar refractivity (Wildman–Crippen MR) is 78.8 cm³/mol. The number of nitrogens with zero attached hydrogens (tertiary/aromatic N) is 1. The molecule has 1 saturated carbocycles. The first-order valence-corrected chi connectivity index (χ1v) is 7.99. The minimum absolute atomic E-state index is 0.568. The van der Waals surface area contributed by atoms with Gasteiger partial charge in [0.05, 0.1) is 0 Å². The third kappa shape index (κ3) is 2.60. The molecular weight excluding hydrogens is 220 g/mol. The molecule has 0 amide bonds. The highest BCUT2D eigenvalue weighted by Crippen LogP contribution is 2.61. The molecule has 1 aliphatic heterocycles. The van der Waals surface area contributed by atoms with Crippen molar-refractivity contribution in [3.8, 4) is 0 Å². The van der Waals surface area contributed by atoms with Crippen molar-refractivity contribution in [1.29, 1.82) is 0 Å². The fourth-order valence-corrected chi connectivity index (χ4v) is 4.25. The number of hydrogen-bond acceptors (Lipinski definition) is 2. The summed E-state index contributed by atoms with van der Waals surface area (Å²) in [7, 11) is 0. The molecule has 4 atom stereocenters. The Morgan fingerprint density at radius 3 is 2.67 bits per heavy atom. The number of nitrogens with one attached hydrogen (secondary N) is 1. The van der Waals surface area contributed by atoms with Crippen LogP contribution in [0, 0.1) is 17.3 Å². The van der Waals surface area contributed by atoms with E-state index < -0.39 is 0 Å². The molecule has 2 aliphatic rings. The van der Waals surface area contributed by atoms with Gasteiger partial charge in [0.25, 0.3) is 0 Å². The van der Waals surface area contributed by atoms with Crippen molar-refractivity contribution >= 4 is 0 Å². The zero-order valence-electron chi connectivity index (χ0n) is 13.0. The van der Waals surface area contributed by atoms with E-state index in [1.54, 1.807) is 0 Å². The summed E-state index contributed by atoms with van der Waals surface area (Å²) in [6, 6.07) is 1.55. The largest absolute Gasteiger partial charge is 0.313 e. The van der Waals surface area contributed by atoms with Crippen LogP contribution < -0.4 is 5.32 Å². The van der Waals surface area contributed by atoms with Gasteiger partial charge in [-0.2, -0.15) is 0 Å². The average Bonchev–Trinajstić information content (AvgIpc) is 2.92. The summed E-state index contributed by atoms with van der Waals surface area (Å²) < 4.78 is 0. The van der Waals surface area contributed by atoms with Gasteiger partial charge < -0.3 is 5.32 Å². The summed E-state index contributed by atoms with van der Waals surface area (Å²) in [5.74, 6) is 1.89. The van der Waals surface area contributed by atoms with Crippen LogP contribution in [0.3, 0.4) is 0 Å². The van der Waals surface area contributed by atoms with Crippen LogP contribution in [0.15, 0.2) is 0 Å². The molecule has 1 aliphatic carbocycles. The Kier molecular flexibility index (Phi) is 4.38.